The Morgan fingerprint density at radius 3 is 2.91 bits per heavy atom. The topological polar surface area (TPSA) is 66.8 Å². The number of carbonyl (C=O) groups excluding carboxylic acids is 1. The van der Waals surface area contributed by atoms with E-state index in [4.69, 9.17) is 9.84 Å². The van der Waals surface area contributed by atoms with Gasteiger partial charge in [-0.05, 0) is 0 Å². The number of β-lactam (4-membered cyclic amide) rings is 1. The molecule has 2 rings (SSSR count). The Kier molecular flexibility index (Phi) is 1.17. The summed E-state index contributed by atoms with van der Waals surface area (Å²) in [5, 5.41) is 8.58. The molecule has 2 unspecified atom stereocenters. The molecule has 0 aliphatic carbocycles. The molecule has 2 atom stereocenters. The van der Waals surface area contributed by atoms with Crippen molar-refractivity contribution in [1.82, 2.24) is 4.90 Å². The van der Waals surface area contributed by atoms with Gasteiger partial charge in [0.25, 0.3) is 0 Å². The number of amides is 1. The van der Waals surface area contributed by atoms with E-state index in [2.05, 4.69) is 0 Å². The summed E-state index contributed by atoms with van der Waals surface area (Å²) in [6.45, 7) is 0.131. The maximum Gasteiger partial charge on any atom is 0.328 e. The van der Waals surface area contributed by atoms with Crippen LogP contribution in [0.2, 0.25) is 0 Å². The van der Waals surface area contributed by atoms with Crippen molar-refractivity contribution in [2.75, 3.05) is 6.61 Å². The van der Waals surface area contributed by atoms with Crippen LogP contribution in [0.1, 0.15) is 6.42 Å². The van der Waals surface area contributed by atoms with E-state index in [0.29, 0.717) is 6.42 Å². The van der Waals surface area contributed by atoms with Crippen molar-refractivity contribution < 1.29 is 19.4 Å². The van der Waals surface area contributed by atoms with Gasteiger partial charge in [0.15, 0.2) is 6.04 Å². The third kappa shape index (κ3) is 0.742. The van der Waals surface area contributed by atoms with Gasteiger partial charge in [-0.1, -0.05) is 0 Å². The minimum Gasteiger partial charge on any atom is -0.480 e. The number of hydrogen-bond donors (Lipinski definition) is 1. The first-order valence-corrected chi connectivity index (χ1v) is 3.35. The molecule has 0 aromatic heterocycles. The minimum atomic E-state index is -0.986. The zero-order valence-electron chi connectivity index (χ0n) is 5.69. The van der Waals surface area contributed by atoms with Gasteiger partial charge in [-0.15, -0.1) is 0 Å². The monoisotopic (exact) mass is 157 g/mol. The number of nitrogens with zero attached hydrogens (tertiary/aromatic N) is 1. The van der Waals surface area contributed by atoms with E-state index in [0.717, 1.165) is 0 Å². The predicted molar refractivity (Wildman–Crippen MR) is 32.6 cm³/mol. The molecule has 0 saturated carbocycles. The van der Waals surface area contributed by atoms with Crippen LogP contribution in [0.15, 0.2) is 0 Å². The molecule has 5 nitrogen and oxygen atoms in total. The summed E-state index contributed by atoms with van der Waals surface area (Å²) in [6.07, 6.45) is 0.0765. The van der Waals surface area contributed by atoms with Crippen molar-refractivity contribution in [3.63, 3.8) is 0 Å². The van der Waals surface area contributed by atoms with Crippen molar-refractivity contribution in [3.05, 3.63) is 0 Å². The number of carboxylic acid groups (broad SMARTS) is 1. The van der Waals surface area contributed by atoms with Crippen LogP contribution in [0.25, 0.3) is 0 Å². The fraction of sp³-hybridized carbons (Fsp3) is 0.667. The molecule has 0 aromatic rings. The van der Waals surface area contributed by atoms with Gasteiger partial charge in [-0.3, -0.25) is 9.69 Å². The fourth-order valence-corrected chi connectivity index (χ4v) is 1.39. The Morgan fingerprint density at radius 2 is 2.45 bits per heavy atom. The molecule has 0 bridgehead atoms. The Hall–Kier alpha value is -1.10. The summed E-state index contributed by atoms with van der Waals surface area (Å²) >= 11 is 0. The van der Waals surface area contributed by atoms with Crippen molar-refractivity contribution in [1.29, 1.82) is 0 Å². The molecule has 0 spiro atoms. The van der Waals surface area contributed by atoms with Gasteiger partial charge >= 0.3 is 5.97 Å². The first-order chi connectivity index (χ1) is 5.20. The lowest BCUT2D eigenvalue weighted by Crippen LogP contribution is -2.54. The first-order valence-electron chi connectivity index (χ1n) is 3.35. The molecule has 2 aliphatic heterocycles. The molecule has 1 N–H and O–H groups in total. The largest absolute Gasteiger partial charge is 0.480 e. The highest BCUT2D eigenvalue weighted by Gasteiger charge is 2.49. The molecule has 2 fully saturated rings. The zero-order valence-corrected chi connectivity index (χ0v) is 5.69. The Morgan fingerprint density at radius 1 is 1.73 bits per heavy atom. The minimum absolute atomic E-state index is 0.125. The lowest BCUT2D eigenvalue weighted by molar-refractivity contribution is -0.163. The molecule has 2 aliphatic rings. The highest BCUT2D eigenvalue weighted by Crippen LogP contribution is 2.29. The van der Waals surface area contributed by atoms with Gasteiger partial charge in [0.2, 0.25) is 5.91 Å². The van der Waals surface area contributed by atoms with Gasteiger partial charge < -0.3 is 9.84 Å². The van der Waals surface area contributed by atoms with Gasteiger partial charge in [-0.2, -0.15) is 0 Å². The summed E-state index contributed by atoms with van der Waals surface area (Å²) < 4.78 is 5.02. The zero-order chi connectivity index (χ0) is 8.01. The lowest BCUT2D eigenvalue weighted by Gasteiger charge is -2.34. The Labute approximate surface area is 62.5 Å². The number of fused-ring (bicyclic) bond motifs is 1. The molecule has 0 radical (unpaired) electrons. The summed E-state index contributed by atoms with van der Waals surface area (Å²) in [4.78, 5) is 22.6. The number of hydrogen-bond acceptors (Lipinski definition) is 3. The van der Waals surface area contributed by atoms with E-state index < -0.39 is 12.0 Å². The van der Waals surface area contributed by atoms with Crippen LogP contribution in [-0.2, 0) is 14.3 Å². The number of aliphatic carboxylic acids is 1. The van der Waals surface area contributed by atoms with Gasteiger partial charge in [0.1, 0.15) is 6.23 Å². The van der Waals surface area contributed by atoms with Crippen LogP contribution in [0, 0.1) is 0 Å². The fourth-order valence-electron chi connectivity index (χ4n) is 1.39. The highest BCUT2D eigenvalue weighted by atomic mass is 16.5. The third-order valence-corrected chi connectivity index (χ3v) is 2.01. The summed E-state index contributed by atoms with van der Waals surface area (Å²) in [5.41, 5.74) is 0. The van der Waals surface area contributed by atoms with Crippen LogP contribution >= 0.6 is 0 Å². The predicted octanol–water partition coefficient (Wildman–Crippen LogP) is -0.972. The second kappa shape index (κ2) is 1.94. The van der Waals surface area contributed by atoms with Crippen LogP contribution in [0.5, 0.6) is 0 Å². The van der Waals surface area contributed by atoms with Crippen molar-refractivity contribution >= 4 is 11.9 Å². The van der Waals surface area contributed by atoms with Crippen molar-refractivity contribution in [2.45, 2.75) is 18.7 Å². The van der Waals surface area contributed by atoms with Crippen molar-refractivity contribution in [3.8, 4) is 0 Å². The number of ether oxygens (including phenoxy) is 1. The van der Waals surface area contributed by atoms with E-state index in [1.165, 1.54) is 4.90 Å². The number of carboxylic acids is 1. The van der Waals surface area contributed by atoms with E-state index >= 15 is 0 Å². The Balaban J connectivity index is 2.14. The van der Waals surface area contributed by atoms with Gasteiger partial charge in [-0.25, -0.2) is 4.79 Å². The Bertz CT molecular complexity index is 219. The first kappa shape index (κ1) is 6.60. The molecule has 1 amide bonds. The van der Waals surface area contributed by atoms with Crippen LogP contribution in [-0.4, -0.2) is 40.8 Å². The molecular formula is C6H7NO4. The highest BCUT2D eigenvalue weighted by molar-refractivity contribution is 5.89. The summed E-state index contributed by atoms with van der Waals surface area (Å²) in [5.74, 6) is -1.11. The van der Waals surface area contributed by atoms with E-state index in [1.807, 2.05) is 0 Å². The smallest absolute Gasteiger partial charge is 0.328 e. The summed E-state index contributed by atoms with van der Waals surface area (Å²) in [7, 11) is 0. The van der Waals surface area contributed by atoms with E-state index in [-0.39, 0.29) is 18.7 Å². The van der Waals surface area contributed by atoms with Crippen LogP contribution in [0.3, 0.4) is 0 Å². The molecule has 5 heteroatoms. The third-order valence-electron chi connectivity index (χ3n) is 2.01. The molecule has 11 heavy (non-hydrogen) atoms. The quantitative estimate of drug-likeness (QED) is 0.497. The molecule has 2 saturated heterocycles. The average molecular weight is 157 g/mol. The maximum absolute atomic E-state index is 10.8. The lowest BCUT2D eigenvalue weighted by atomic mass is 10.1. The molecule has 2 heterocycles. The molecule has 60 valence electrons. The van der Waals surface area contributed by atoms with Crippen LogP contribution < -0.4 is 0 Å². The van der Waals surface area contributed by atoms with Crippen molar-refractivity contribution in [2.24, 2.45) is 0 Å². The summed E-state index contributed by atoms with van der Waals surface area (Å²) in [6, 6.07) is -0.749. The average Bonchev–Trinajstić information content (AvgIpc) is 2.25. The number of rotatable bonds is 1. The second-order valence-electron chi connectivity index (χ2n) is 2.65. The maximum atomic E-state index is 10.8. The van der Waals surface area contributed by atoms with Crippen LogP contribution in [0.4, 0.5) is 0 Å². The second-order valence-corrected chi connectivity index (χ2v) is 2.65. The van der Waals surface area contributed by atoms with E-state index in [1.54, 1.807) is 0 Å². The normalized spacial score (nSPS) is 34.9. The SMILES string of the molecule is O=C(O)C1COC2CC(=O)N21. The molecular weight excluding hydrogens is 150 g/mol. The standard InChI is InChI=1S/C6H7NO4/c8-4-1-5-7(4)3(2-11-5)6(9)10/h3,5H,1-2H2,(H,9,10). The molecule has 0 aromatic carbocycles. The van der Waals surface area contributed by atoms with Gasteiger partial charge in [0, 0.05) is 0 Å². The van der Waals surface area contributed by atoms with E-state index in [9.17, 15) is 9.59 Å². The van der Waals surface area contributed by atoms with Gasteiger partial charge in [0.05, 0.1) is 13.0 Å². The number of carbonyl (C=O) groups is 2.